The molecule has 1 aliphatic rings. The first-order valence-corrected chi connectivity index (χ1v) is 5.91. The van der Waals surface area contributed by atoms with E-state index < -0.39 is 12.2 Å². The average molecular weight is 261 g/mol. The number of nitrogens with two attached hydrogens (primary N) is 1. The number of β-amino-alcohol motifs (C(OH)–C–C–N with tert-alkyl or cyclic N) is 2. The highest BCUT2D eigenvalue weighted by Crippen LogP contribution is 2.14. The summed E-state index contributed by atoms with van der Waals surface area (Å²) in [4.78, 5) is 17.5. The van der Waals surface area contributed by atoms with E-state index in [1.54, 1.807) is 12.3 Å². The Balaban J connectivity index is 2.16. The third-order valence-electron chi connectivity index (χ3n) is 2.87. The summed E-state index contributed by atoms with van der Waals surface area (Å²) in [5, 5.41) is 18.9. The molecule has 1 fully saturated rings. The quantitative estimate of drug-likeness (QED) is 0.538. The van der Waals surface area contributed by atoms with E-state index in [4.69, 9.17) is 5.73 Å². The van der Waals surface area contributed by atoms with E-state index in [2.05, 4.69) is 16.8 Å². The second-order valence-corrected chi connectivity index (χ2v) is 4.31. The molecule has 6 nitrogen and oxygen atoms in total. The number of rotatable bonds is 1. The fraction of sp³-hybridized carbons (Fsp3) is 0.385. The van der Waals surface area contributed by atoms with E-state index >= 15 is 0 Å². The van der Waals surface area contributed by atoms with Crippen LogP contribution in [0.5, 0.6) is 0 Å². The van der Waals surface area contributed by atoms with Gasteiger partial charge in [-0.1, -0.05) is 11.8 Å². The molecule has 1 aromatic heterocycles. The highest BCUT2D eigenvalue weighted by atomic mass is 16.3. The van der Waals surface area contributed by atoms with E-state index in [9.17, 15) is 15.0 Å². The average Bonchev–Trinajstić information content (AvgIpc) is 2.76. The number of pyridine rings is 1. The minimum atomic E-state index is -0.892. The minimum absolute atomic E-state index is 0.124. The lowest BCUT2D eigenvalue weighted by Crippen LogP contribution is -2.29. The van der Waals surface area contributed by atoms with E-state index in [1.165, 1.54) is 11.1 Å². The molecule has 0 radical (unpaired) electrons. The van der Waals surface area contributed by atoms with Gasteiger partial charge in [0, 0.05) is 31.0 Å². The standard InChI is InChI=1S/C13H15N3O3/c14-3-1-2-9-4-10(6-15-5-9)13(19)16-7-11(17)12(18)8-16/h4-6,11-12,17-18H,3,7-8,14H2. The highest BCUT2D eigenvalue weighted by molar-refractivity contribution is 5.94. The number of likely N-dealkylation sites (tertiary alicyclic amines) is 1. The SMILES string of the molecule is NCC#Cc1cncc(C(=O)N2CC(O)C(O)C2)c1. The van der Waals surface area contributed by atoms with Gasteiger partial charge in [-0.15, -0.1) is 0 Å². The molecule has 1 aliphatic heterocycles. The van der Waals surface area contributed by atoms with Crippen LogP contribution in [0, 0.1) is 11.8 Å². The Kier molecular flexibility index (Phi) is 4.12. The van der Waals surface area contributed by atoms with Crippen molar-refractivity contribution in [2.24, 2.45) is 5.73 Å². The van der Waals surface area contributed by atoms with Crippen molar-refractivity contribution in [1.82, 2.24) is 9.88 Å². The van der Waals surface area contributed by atoms with Crippen LogP contribution in [-0.2, 0) is 0 Å². The van der Waals surface area contributed by atoms with Gasteiger partial charge in [-0.2, -0.15) is 0 Å². The Labute approximate surface area is 110 Å². The maximum absolute atomic E-state index is 12.2. The molecule has 2 rings (SSSR count). The first kappa shape index (κ1) is 13.5. The number of aliphatic hydroxyl groups excluding tert-OH is 2. The van der Waals surface area contributed by atoms with Gasteiger partial charge in [0.1, 0.15) is 0 Å². The fourth-order valence-electron chi connectivity index (χ4n) is 1.90. The Hall–Kier alpha value is -1.94. The van der Waals surface area contributed by atoms with Gasteiger partial charge in [0.25, 0.3) is 5.91 Å². The zero-order valence-electron chi connectivity index (χ0n) is 10.3. The molecular formula is C13H15N3O3. The van der Waals surface area contributed by atoms with Crippen molar-refractivity contribution in [2.45, 2.75) is 12.2 Å². The molecule has 2 heterocycles. The van der Waals surface area contributed by atoms with E-state index in [0.29, 0.717) is 11.1 Å². The van der Waals surface area contributed by atoms with Gasteiger partial charge in [0.05, 0.1) is 24.3 Å². The molecule has 19 heavy (non-hydrogen) atoms. The Morgan fingerprint density at radius 3 is 2.74 bits per heavy atom. The Morgan fingerprint density at radius 1 is 1.42 bits per heavy atom. The zero-order chi connectivity index (χ0) is 13.8. The van der Waals surface area contributed by atoms with Gasteiger partial charge in [0.15, 0.2) is 0 Å². The lowest BCUT2D eigenvalue weighted by Gasteiger charge is -2.15. The zero-order valence-corrected chi connectivity index (χ0v) is 10.3. The lowest BCUT2D eigenvalue weighted by molar-refractivity contribution is 0.0572. The van der Waals surface area contributed by atoms with Crippen LogP contribution in [0.25, 0.3) is 0 Å². The van der Waals surface area contributed by atoms with Crippen molar-refractivity contribution in [1.29, 1.82) is 0 Å². The molecule has 100 valence electrons. The maximum atomic E-state index is 12.2. The maximum Gasteiger partial charge on any atom is 0.255 e. The number of nitrogens with zero attached hydrogens (tertiary/aromatic N) is 2. The highest BCUT2D eigenvalue weighted by Gasteiger charge is 2.33. The molecule has 1 aromatic rings. The second-order valence-electron chi connectivity index (χ2n) is 4.31. The number of aromatic nitrogens is 1. The van der Waals surface area contributed by atoms with Crippen molar-refractivity contribution in [3.63, 3.8) is 0 Å². The summed E-state index contributed by atoms with van der Waals surface area (Å²) in [6.07, 6.45) is 1.20. The van der Waals surface area contributed by atoms with E-state index in [0.717, 1.165) is 0 Å². The van der Waals surface area contributed by atoms with Gasteiger partial charge in [-0.3, -0.25) is 9.78 Å². The van der Waals surface area contributed by atoms with Crippen molar-refractivity contribution in [2.75, 3.05) is 19.6 Å². The Morgan fingerprint density at radius 2 is 2.11 bits per heavy atom. The molecule has 0 aromatic carbocycles. The molecular weight excluding hydrogens is 246 g/mol. The van der Waals surface area contributed by atoms with Crippen LogP contribution in [0.2, 0.25) is 0 Å². The van der Waals surface area contributed by atoms with E-state index in [1.807, 2.05) is 0 Å². The minimum Gasteiger partial charge on any atom is -0.388 e. The van der Waals surface area contributed by atoms with E-state index in [-0.39, 0.29) is 25.5 Å². The largest absolute Gasteiger partial charge is 0.388 e. The Bertz CT molecular complexity index is 525. The second kappa shape index (κ2) is 5.80. The van der Waals surface area contributed by atoms with Crippen molar-refractivity contribution in [3.05, 3.63) is 29.6 Å². The van der Waals surface area contributed by atoms with Crippen molar-refractivity contribution in [3.8, 4) is 11.8 Å². The van der Waals surface area contributed by atoms with Crippen LogP contribution in [0.3, 0.4) is 0 Å². The monoisotopic (exact) mass is 261 g/mol. The van der Waals surface area contributed by atoms with Gasteiger partial charge >= 0.3 is 0 Å². The molecule has 6 heteroatoms. The van der Waals surface area contributed by atoms with Crippen LogP contribution in [0.1, 0.15) is 15.9 Å². The molecule has 0 bridgehead atoms. The summed E-state index contributed by atoms with van der Waals surface area (Å²) in [5.41, 5.74) is 6.27. The van der Waals surface area contributed by atoms with Crippen molar-refractivity contribution >= 4 is 5.91 Å². The number of hydrogen-bond acceptors (Lipinski definition) is 5. The first-order chi connectivity index (χ1) is 9.11. The third-order valence-corrected chi connectivity index (χ3v) is 2.87. The van der Waals surface area contributed by atoms with Gasteiger partial charge < -0.3 is 20.8 Å². The van der Waals surface area contributed by atoms with Crippen LogP contribution in [0.15, 0.2) is 18.5 Å². The summed E-state index contributed by atoms with van der Waals surface area (Å²) in [6.45, 7) is 0.486. The smallest absolute Gasteiger partial charge is 0.255 e. The number of hydrogen-bond donors (Lipinski definition) is 3. The summed E-state index contributed by atoms with van der Waals surface area (Å²) in [6, 6.07) is 1.62. The summed E-state index contributed by atoms with van der Waals surface area (Å²) >= 11 is 0. The predicted molar refractivity (Wildman–Crippen MR) is 68.1 cm³/mol. The van der Waals surface area contributed by atoms with Crippen LogP contribution >= 0.6 is 0 Å². The van der Waals surface area contributed by atoms with Crippen molar-refractivity contribution < 1.29 is 15.0 Å². The molecule has 4 N–H and O–H groups in total. The molecule has 1 saturated heterocycles. The normalized spacial score (nSPS) is 21.9. The number of aliphatic hydroxyl groups is 2. The first-order valence-electron chi connectivity index (χ1n) is 5.91. The van der Waals surface area contributed by atoms with Gasteiger partial charge in [-0.25, -0.2) is 0 Å². The lowest BCUT2D eigenvalue weighted by atomic mass is 10.2. The third kappa shape index (κ3) is 3.09. The molecule has 2 unspecified atom stereocenters. The van der Waals surface area contributed by atoms with Crippen LogP contribution in [-0.4, -0.2) is 57.8 Å². The molecule has 2 atom stereocenters. The fourth-order valence-corrected chi connectivity index (χ4v) is 1.90. The van der Waals surface area contributed by atoms with Gasteiger partial charge in [-0.05, 0) is 6.07 Å². The summed E-state index contributed by atoms with van der Waals surface area (Å²) in [5.74, 6) is 5.21. The molecule has 0 spiro atoms. The number of amides is 1. The van der Waals surface area contributed by atoms with Crippen LogP contribution < -0.4 is 5.73 Å². The number of carbonyl (C=O) groups excluding carboxylic acids is 1. The molecule has 0 saturated carbocycles. The predicted octanol–water partition coefficient (Wildman–Crippen LogP) is -1.43. The number of carbonyl (C=O) groups is 1. The van der Waals surface area contributed by atoms with Crippen LogP contribution in [0.4, 0.5) is 0 Å². The molecule has 0 aliphatic carbocycles. The summed E-state index contributed by atoms with van der Waals surface area (Å²) in [7, 11) is 0. The summed E-state index contributed by atoms with van der Waals surface area (Å²) < 4.78 is 0. The molecule has 1 amide bonds. The topological polar surface area (TPSA) is 99.7 Å². The van der Waals surface area contributed by atoms with Gasteiger partial charge in [0.2, 0.25) is 0 Å².